The molecule has 0 N–H and O–H groups in total. The number of rotatable bonds is 5. The molecule has 3 nitrogen and oxygen atoms in total. The van der Waals surface area contributed by atoms with Crippen LogP contribution in [0.2, 0.25) is 0 Å². The van der Waals surface area contributed by atoms with Gasteiger partial charge >= 0.3 is 0 Å². The van der Waals surface area contributed by atoms with Gasteiger partial charge in [-0.1, -0.05) is 127 Å². The third-order valence-corrected chi connectivity index (χ3v) is 7.56. The van der Waals surface area contributed by atoms with Gasteiger partial charge < -0.3 is 13.7 Å². The molecule has 49 heavy (non-hydrogen) atoms. The molecule has 2 heterocycles. The second kappa shape index (κ2) is 11.0. The minimum atomic E-state index is -1.25. The minimum absolute atomic E-state index is 0.424. The summed E-state index contributed by atoms with van der Waals surface area (Å²) in [6.45, 7) is 0. The number of hydrogen-bond donors (Lipinski definition) is 0. The van der Waals surface area contributed by atoms with Crippen LogP contribution in [0.25, 0.3) is 76.9 Å². The molecule has 0 aliphatic heterocycles. The predicted molar refractivity (Wildman–Crippen MR) is 204 cm³/mol. The van der Waals surface area contributed by atoms with Crippen molar-refractivity contribution in [3.63, 3.8) is 0 Å². The van der Waals surface area contributed by atoms with Crippen LogP contribution in [0.15, 0.2) is 184 Å². The molecular formula is C46H29NO2. The van der Waals surface area contributed by atoms with E-state index in [2.05, 4.69) is 0 Å². The van der Waals surface area contributed by atoms with Crippen molar-refractivity contribution >= 4 is 71.7 Å². The van der Waals surface area contributed by atoms with E-state index in [9.17, 15) is 13.7 Å². The van der Waals surface area contributed by atoms with Gasteiger partial charge in [-0.05, 0) is 70.4 Å². The van der Waals surface area contributed by atoms with Crippen LogP contribution < -0.4 is 4.90 Å². The van der Waals surface area contributed by atoms with Crippen LogP contribution in [-0.2, 0) is 0 Å². The lowest BCUT2D eigenvalue weighted by Gasteiger charge is -2.26. The number of anilines is 3. The van der Waals surface area contributed by atoms with Crippen LogP contribution in [0.1, 0.15) is 39.8 Å². The van der Waals surface area contributed by atoms with Gasteiger partial charge in [-0.25, -0.2) is 0 Å². The first kappa shape index (κ1) is 11.3. The summed E-state index contributed by atoms with van der Waals surface area (Å²) in [5.74, 6) is 0. The zero-order valence-corrected chi connectivity index (χ0v) is 24.3. The molecule has 10 aromatic rings. The van der Waals surface area contributed by atoms with Gasteiger partial charge in [0, 0.05) is 38.5 Å². The highest BCUT2D eigenvalue weighted by molar-refractivity contribution is 6.19. The van der Waals surface area contributed by atoms with E-state index in [4.69, 9.17) is 34.9 Å². The molecule has 0 radical (unpaired) electrons. The standard InChI is InChI=1S/C46H29NO2/c1-2-10-30(11-3-1)31-20-25-34(26-21-31)47(41-17-9-19-43-44(41)40-29-24-32-12-4-5-13-36(32)46(40)49-43)35-27-22-33(23-28-35)37-15-8-16-39-38-14-6-7-18-42(38)48-45(37)39/h1-29H/i1D,2D,3D,4D,5D,6D,7D,8D,9D,10D,11D,12D,13D,14D,15D,16D,17D,18D,19D,20D,21D,22D,23D,24D,25D,26D,27D,28D,29D. The third-order valence-electron chi connectivity index (χ3n) is 7.56. The van der Waals surface area contributed by atoms with Crippen LogP contribution in [0.3, 0.4) is 0 Å². The van der Waals surface area contributed by atoms with Crippen LogP contribution in [0.4, 0.5) is 17.1 Å². The topological polar surface area (TPSA) is 29.5 Å². The summed E-state index contributed by atoms with van der Waals surface area (Å²) < 4.78 is 271. The molecule has 0 atom stereocenters. The Hall–Kier alpha value is -6.58. The highest BCUT2D eigenvalue weighted by Crippen LogP contribution is 2.45. The summed E-state index contributed by atoms with van der Waals surface area (Å²) in [5.41, 5.74) is -9.17. The van der Waals surface area contributed by atoms with E-state index in [-0.39, 0.29) is 0 Å². The number of hydrogen-bond acceptors (Lipinski definition) is 3. The van der Waals surface area contributed by atoms with E-state index in [1.807, 2.05) is 0 Å². The molecule has 0 bridgehead atoms. The average Bonchev–Trinajstić information content (AvgIpc) is 4.22. The number of benzene rings is 8. The Morgan fingerprint density at radius 1 is 0.388 bits per heavy atom. The van der Waals surface area contributed by atoms with Crippen LogP contribution in [0.5, 0.6) is 0 Å². The van der Waals surface area contributed by atoms with Crippen molar-refractivity contribution in [2.24, 2.45) is 0 Å². The summed E-state index contributed by atoms with van der Waals surface area (Å²) in [5, 5.41) is -3.34. The summed E-state index contributed by atoms with van der Waals surface area (Å²) >= 11 is 0. The van der Waals surface area contributed by atoms with E-state index >= 15 is 0 Å². The van der Waals surface area contributed by atoms with Crippen LogP contribution >= 0.6 is 0 Å². The maximum atomic E-state index is 9.72. The molecule has 0 spiro atoms. The number of para-hydroxylation sites is 2. The normalized spacial score (nSPS) is 20.0. The van der Waals surface area contributed by atoms with Crippen LogP contribution in [-0.4, -0.2) is 0 Å². The Bertz CT molecular complexity index is 4420. The smallest absolute Gasteiger partial charge is 0.143 e. The molecule has 3 heteroatoms. The summed E-state index contributed by atoms with van der Waals surface area (Å²) in [6, 6.07) is -28.3. The first-order chi connectivity index (χ1) is 36.4. The lowest BCUT2D eigenvalue weighted by Crippen LogP contribution is -2.10. The summed E-state index contributed by atoms with van der Waals surface area (Å²) in [4.78, 5) is 0.424. The van der Waals surface area contributed by atoms with Crippen molar-refractivity contribution in [1.29, 1.82) is 0 Å². The fraction of sp³-hybridized carbons (Fsp3) is 0. The SMILES string of the molecule is [2H]c1c([2H])c([2H])c(-c2c([2H])c([2H])c(N(c3c([2H])c([2H])c(-c4c([2H])c([2H])c([2H])c5c4oc4c([2H])c([2H])c([2H])c([2H])c45)c([2H])c3[2H])c3c([2H])c([2H])c([2H])c4oc5c6c([2H])c([2H])c([2H])c([2H])c6c([2H])c([2H])c5c34)c([2H])c2[2H])c([2H])c1[2H]. The lowest BCUT2D eigenvalue weighted by molar-refractivity contribution is 0.670. The zero-order chi connectivity index (χ0) is 57.5. The Kier molecular flexibility index (Phi) is 2.53. The molecule has 8 aromatic carbocycles. The van der Waals surface area contributed by atoms with Gasteiger partial charge in [0.1, 0.15) is 22.3 Å². The molecule has 0 fully saturated rings. The highest BCUT2D eigenvalue weighted by Gasteiger charge is 2.21. The Balaban J connectivity index is 1.43. The zero-order valence-electron chi connectivity index (χ0n) is 53.3. The Morgan fingerprint density at radius 2 is 1.00 bits per heavy atom. The second-order valence-electron chi connectivity index (χ2n) is 10.3. The van der Waals surface area contributed by atoms with E-state index in [0.29, 0.717) is 4.90 Å². The molecule has 230 valence electrons. The number of fused-ring (bicyclic) bond motifs is 8. The van der Waals surface area contributed by atoms with Crippen molar-refractivity contribution in [2.45, 2.75) is 0 Å². The molecule has 10 rings (SSSR count). The van der Waals surface area contributed by atoms with Gasteiger partial charge in [0.2, 0.25) is 0 Å². The molecule has 0 aliphatic carbocycles. The van der Waals surface area contributed by atoms with Crippen molar-refractivity contribution in [2.75, 3.05) is 4.90 Å². The molecule has 0 unspecified atom stereocenters. The largest absolute Gasteiger partial charge is 0.455 e. The lowest BCUT2D eigenvalue weighted by atomic mass is 10.0. The fourth-order valence-electron chi connectivity index (χ4n) is 5.42. The molecule has 0 saturated heterocycles. The van der Waals surface area contributed by atoms with Crippen molar-refractivity contribution < 1.29 is 48.6 Å². The maximum absolute atomic E-state index is 9.72. The van der Waals surface area contributed by atoms with Gasteiger partial charge in [-0.15, -0.1) is 0 Å². The van der Waals surface area contributed by atoms with E-state index in [1.165, 1.54) is 0 Å². The van der Waals surface area contributed by atoms with E-state index in [1.54, 1.807) is 0 Å². The quantitative estimate of drug-likeness (QED) is 0.185. The molecule has 2 aromatic heterocycles. The monoisotopic (exact) mass is 656 g/mol. The average molecular weight is 657 g/mol. The Labute approximate surface area is 323 Å². The first-order valence-corrected chi connectivity index (χ1v) is 14.2. The van der Waals surface area contributed by atoms with Gasteiger partial charge in [0.05, 0.1) is 50.8 Å². The van der Waals surface area contributed by atoms with Crippen molar-refractivity contribution in [1.82, 2.24) is 0 Å². The second-order valence-corrected chi connectivity index (χ2v) is 10.3. The Morgan fingerprint density at radius 3 is 1.82 bits per heavy atom. The summed E-state index contributed by atoms with van der Waals surface area (Å²) in [7, 11) is 0. The van der Waals surface area contributed by atoms with Crippen molar-refractivity contribution in [3.05, 3.63) is 175 Å². The van der Waals surface area contributed by atoms with Crippen LogP contribution in [0, 0.1) is 0 Å². The van der Waals surface area contributed by atoms with Crippen molar-refractivity contribution in [3.8, 4) is 22.3 Å². The molecule has 0 aliphatic rings. The minimum Gasteiger partial charge on any atom is -0.455 e. The third kappa shape index (κ3) is 4.44. The molecule has 0 amide bonds. The maximum Gasteiger partial charge on any atom is 0.143 e. The predicted octanol–water partition coefficient (Wildman–Crippen LogP) is 13.4. The number of nitrogens with zero attached hydrogens (tertiary/aromatic N) is 1. The first-order valence-electron chi connectivity index (χ1n) is 28.7. The number of furan rings is 2. The van der Waals surface area contributed by atoms with E-state index < -0.39 is 269 Å². The van der Waals surface area contributed by atoms with E-state index in [0.717, 1.165) is 0 Å². The van der Waals surface area contributed by atoms with Gasteiger partial charge in [0.25, 0.3) is 0 Å². The van der Waals surface area contributed by atoms with Gasteiger partial charge in [-0.3, -0.25) is 0 Å². The van der Waals surface area contributed by atoms with Gasteiger partial charge in [0.15, 0.2) is 0 Å². The fourth-order valence-corrected chi connectivity index (χ4v) is 5.42. The summed E-state index contributed by atoms with van der Waals surface area (Å²) in [6.07, 6.45) is 0. The van der Waals surface area contributed by atoms with Gasteiger partial charge in [-0.2, -0.15) is 0 Å². The molecule has 0 saturated carbocycles. The molecular weight excluding hydrogens is 599 g/mol. The highest BCUT2D eigenvalue weighted by atomic mass is 16.3.